The standard InChI is InChI=1S/C17H13Cl2N3OS/c1-10-4-2-7-14(21-10)16(23)22-17-20-9-12(24-17)8-11-5-3-6-13(18)15(11)19/h2-7,9H,8H2,1H3,(H,20,22,23). The van der Waals surface area contributed by atoms with Gasteiger partial charge in [0.15, 0.2) is 5.13 Å². The molecule has 2 aromatic heterocycles. The van der Waals surface area contributed by atoms with Crippen LogP contribution >= 0.6 is 34.5 Å². The summed E-state index contributed by atoms with van der Waals surface area (Å²) < 4.78 is 0. The number of hydrogen-bond donors (Lipinski definition) is 1. The summed E-state index contributed by atoms with van der Waals surface area (Å²) in [5, 5.41) is 4.36. The highest BCUT2D eigenvalue weighted by Crippen LogP contribution is 2.29. The summed E-state index contributed by atoms with van der Waals surface area (Å²) in [6.45, 7) is 1.84. The molecule has 0 fully saturated rings. The van der Waals surface area contributed by atoms with Crippen LogP contribution in [-0.4, -0.2) is 15.9 Å². The SMILES string of the molecule is Cc1cccc(C(=O)Nc2ncc(Cc3cccc(Cl)c3Cl)s2)n1. The number of nitrogens with zero attached hydrogens (tertiary/aromatic N) is 2. The zero-order chi connectivity index (χ0) is 17.1. The maximum Gasteiger partial charge on any atom is 0.276 e. The fraction of sp³-hybridized carbons (Fsp3) is 0.118. The lowest BCUT2D eigenvalue weighted by atomic mass is 10.1. The number of rotatable bonds is 4. The van der Waals surface area contributed by atoms with Crippen molar-refractivity contribution in [2.75, 3.05) is 5.32 Å². The Morgan fingerprint density at radius 1 is 1.21 bits per heavy atom. The number of halogens is 2. The van der Waals surface area contributed by atoms with Crippen LogP contribution in [0.1, 0.15) is 26.6 Å². The third kappa shape index (κ3) is 3.93. The zero-order valence-electron chi connectivity index (χ0n) is 12.7. The van der Waals surface area contributed by atoms with Gasteiger partial charge in [0.05, 0.1) is 10.0 Å². The molecule has 3 aromatic rings. The molecule has 0 saturated carbocycles. The van der Waals surface area contributed by atoms with Gasteiger partial charge in [-0.2, -0.15) is 0 Å². The van der Waals surface area contributed by atoms with Crippen LogP contribution in [-0.2, 0) is 6.42 Å². The van der Waals surface area contributed by atoms with Gasteiger partial charge in [-0.3, -0.25) is 10.1 Å². The number of thiazole rings is 1. The van der Waals surface area contributed by atoms with Gasteiger partial charge in [0.2, 0.25) is 0 Å². The first-order chi connectivity index (χ1) is 11.5. The van der Waals surface area contributed by atoms with Crippen LogP contribution in [0.25, 0.3) is 0 Å². The van der Waals surface area contributed by atoms with Crippen molar-refractivity contribution in [1.82, 2.24) is 9.97 Å². The Balaban J connectivity index is 1.72. The van der Waals surface area contributed by atoms with Gasteiger partial charge in [0, 0.05) is 23.2 Å². The van der Waals surface area contributed by atoms with Crippen LogP contribution in [0.15, 0.2) is 42.6 Å². The average molecular weight is 378 g/mol. The summed E-state index contributed by atoms with van der Waals surface area (Å²) in [7, 11) is 0. The van der Waals surface area contributed by atoms with Gasteiger partial charge in [-0.1, -0.05) is 41.4 Å². The third-order valence-electron chi connectivity index (χ3n) is 3.29. The van der Waals surface area contributed by atoms with E-state index in [1.165, 1.54) is 11.3 Å². The van der Waals surface area contributed by atoms with Crippen LogP contribution < -0.4 is 5.32 Å². The van der Waals surface area contributed by atoms with Gasteiger partial charge in [-0.15, -0.1) is 11.3 Å². The molecule has 1 amide bonds. The molecule has 122 valence electrons. The Kier molecular flexibility index (Phi) is 5.14. The van der Waals surface area contributed by atoms with Crippen LogP contribution in [0.2, 0.25) is 10.0 Å². The summed E-state index contributed by atoms with van der Waals surface area (Å²) in [6.07, 6.45) is 2.33. The van der Waals surface area contributed by atoms with Gasteiger partial charge >= 0.3 is 0 Å². The topological polar surface area (TPSA) is 54.9 Å². The van der Waals surface area contributed by atoms with Crippen molar-refractivity contribution in [3.8, 4) is 0 Å². The molecule has 7 heteroatoms. The van der Waals surface area contributed by atoms with Gasteiger partial charge in [-0.25, -0.2) is 9.97 Å². The summed E-state index contributed by atoms with van der Waals surface area (Å²) in [5.74, 6) is -0.277. The molecule has 0 aliphatic rings. The van der Waals surface area contributed by atoms with Crippen molar-refractivity contribution in [3.05, 3.63) is 74.5 Å². The summed E-state index contributed by atoms with van der Waals surface area (Å²) in [4.78, 5) is 21.6. The summed E-state index contributed by atoms with van der Waals surface area (Å²) in [6, 6.07) is 10.8. The van der Waals surface area contributed by atoms with Gasteiger partial charge in [0.1, 0.15) is 5.69 Å². The molecule has 24 heavy (non-hydrogen) atoms. The number of hydrogen-bond acceptors (Lipinski definition) is 4. The molecule has 1 N–H and O–H groups in total. The molecule has 0 saturated heterocycles. The van der Waals surface area contributed by atoms with E-state index in [0.717, 1.165) is 16.1 Å². The zero-order valence-corrected chi connectivity index (χ0v) is 15.0. The van der Waals surface area contributed by atoms with E-state index in [4.69, 9.17) is 23.2 Å². The van der Waals surface area contributed by atoms with Crippen LogP contribution in [0.4, 0.5) is 5.13 Å². The largest absolute Gasteiger partial charge is 0.296 e. The molecular formula is C17H13Cl2N3OS. The first kappa shape index (κ1) is 16.9. The lowest BCUT2D eigenvalue weighted by molar-refractivity contribution is 0.102. The maximum atomic E-state index is 12.2. The van der Waals surface area contributed by atoms with Crippen LogP contribution in [0.5, 0.6) is 0 Å². The normalized spacial score (nSPS) is 10.6. The number of carbonyl (C=O) groups excluding carboxylic acids is 1. The molecule has 4 nitrogen and oxygen atoms in total. The number of nitrogens with one attached hydrogen (secondary N) is 1. The smallest absolute Gasteiger partial charge is 0.276 e. The predicted molar refractivity (Wildman–Crippen MR) is 98.3 cm³/mol. The molecule has 0 unspecified atom stereocenters. The molecular weight excluding hydrogens is 365 g/mol. The van der Waals surface area contributed by atoms with Crippen molar-refractivity contribution in [3.63, 3.8) is 0 Å². The molecule has 0 spiro atoms. The molecule has 1 aromatic carbocycles. The van der Waals surface area contributed by atoms with E-state index in [1.807, 2.05) is 25.1 Å². The summed E-state index contributed by atoms with van der Waals surface area (Å²) in [5.41, 5.74) is 2.08. The Morgan fingerprint density at radius 3 is 2.79 bits per heavy atom. The first-order valence-electron chi connectivity index (χ1n) is 7.15. The number of anilines is 1. The molecule has 0 radical (unpaired) electrons. The van der Waals surface area contributed by atoms with Crippen molar-refractivity contribution in [2.45, 2.75) is 13.3 Å². The fourth-order valence-electron chi connectivity index (χ4n) is 2.15. The van der Waals surface area contributed by atoms with Gasteiger partial charge < -0.3 is 0 Å². The number of benzene rings is 1. The van der Waals surface area contributed by atoms with E-state index < -0.39 is 0 Å². The highest BCUT2D eigenvalue weighted by Gasteiger charge is 2.12. The monoisotopic (exact) mass is 377 g/mol. The highest BCUT2D eigenvalue weighted by atomic mass is 35.5. The van der Waals surface area contributed by atoms with E-state index in [2.05, 4.69) is 15.3 Å². The van der Waals surface area contributed by atoms with E-state index >= 15 is 0 Å². The molecule has 2 heterocycles. The quantitative estimate of drug-likeness (QED) is 0.695. The van der Waals surface area contributed by atoms with Crippen molar-refractivity contribution in [2.24, 2.45) is 0 Å². The molecule has 0 aliphatic heterocycles. The Bertz CT molecular complexity index is 895. The highest BCUT2D eigenvalue weighted by molar-refractivity contribution is 7.15. The number of aromatic nitrogens is 2. The van der Waals surface area contributed by atoms with Crippen molar-refractivity contribution >= 4 is 45.6 Å². The average Bonchev–Trinajstić information content (AvgIpc) is 2.99. The molecule has 0 aliphatic carbocycles. The molecule has 0 atom stereocenters. The minimum atomic E-state index is -0.277. The molecule has 0 bridgehead atoms. The minimum absolute atomic E-state index is 0.277. The second-order valence-corrected chi connectivity index (χ2v) is 7.04. The Morgan fingerprint density at radius 2 is 2.00 bits per heavy atom. The number of carbonyl (C=O) groups is 1. The van der Waals surface area contributed by atoms with E-state index in [0.29, 0.717) is 27.3 Å². The second-order valence-electron chi connectivity index (χ2n) is 5.14. The van der Waals surface area contributed by atoms with E-state index in [-0.39, 0.29) is 5.91 Å². The Hall–Kier alpha value is -1.95. The van der Waals surface area contributed by atoms with E-state index in [9.17, 15) is 4.79 Å². The second kappa shape index (κ2) is 7.30. The van der Waals surface area contributed by atoms with Crippen molar-refractivity contribution < 1.29 is 4.79 Å². The van der Waals surface area contributed by atoms with E-state index in [1.54, 1.807) is 24.4 Å². The fourth-order valence-corrected chi connectivity index (χ4v) is 3.37. The Labute approximate surface area is 153 Å². The minimum Gasteiger partial charge on any atom is -0.296 e. The third-order valence-corrected chi connectivity index (χ3v) is 5.06. The number of aryl methyl sites for hydroxylation is 1. The number of pyridine rings is 1. The van der Waals surface area contributed by atoms with Gasteiger partial charge in [0.25, 0.3) is 5.91 Å². The lowest BCUT2D eigenvalue weighted by Crippen LogP contribution is -2.13. The maximum absolute atomic E-state index is 12.2. The molecule has 3 rings (SSSR count). The van der Waals surface area contributed by atoms with Crippen molar-refractivity contribution in [1.29, 1.82) is 0 Å². The lowest BCUT2D eigenvalue weighted by Gasteiger charge is -2.03. The van der Waals surface area contributed by atoms with Gasteiger partial charge in [-0.05, 0) is 30.7 Å². The first-order valence-corrected chi connectivity index (χ1v) is 8.73. The number of amides is 1. The summed E-state index contributed by atoms with van der Waals surface area (Å²) >= 11 is 13.6. The van der Waals surface area contributed by atoms with Crippen LogP contribution in [0.3, 0.4) is 0 Å². The van der Waals surface area contributed by atoms with Crippen LogP contribution in [0, 0.1) is 6.92 Å². The predicted octanol–water partition coefficient (Wildman–Crippen LogP) is 5.00.